The zero-order valence-corrected chi connectivity index (χ0v) is 22.7. The number of nitrogens with zero attached hydrogens (tertiary/aromatic N) is 3. The van der Waals surface area contributed by atoms with E-state index in [9.17, 15) is 18.0 Å². The van der Waals surface area contributed by atoms with Crippen LogP contribution in [0.5, 0.6) is 0 Å². The molecule has 2 heterocycles. The lowest BCUT2D eigenvalue weighted by Crippen LogP contribution is -2.42. The molecule has 1 aliphatic rings. The summed E-state index contributed by atoms with van der Waals surface area (Å²) in [5, 5.41) is 0.429. The van der Waals surface area contributed by atoms with E-state index in [0.29, 0.717) is 40.3 Å². The number of para-hydroxylation sites is 1. The summed E-state index contributed by atoms with van der Waals surface area (Å²) in [6.45, 7) is 6.87. The highest BCUT2D eigenvalue weighted by molar-refractivity contribution is 7.89. The van der Waals surface area contributed by atoms with Crippen molar-refractivity contribution in [3.8, 4) is 0 Å². The van der Waals surface area contributed by atoms with Gasteiger partial charge in [0.1, 0.15) is 6.54 Å². The predicted molar refractivity (Wildman–Crippen MR) is 139 cm³/mol. The minimum atomic E-state index is -3.65. The van der Waals surface area contributed by atoms with E-state index in [4.69, 9.17) is 16.3 Å². The third-order valence-corrected chi connectivity index (χ3v) is 9.21. The number of rotatable bonds is 6. The fourth-order valence-electron chi connectivity index (χ4n) is 4.53. The van der Waals surface area contributed by atoms with Gasteiger partial charge in [0.2, 0.25) is 10.0 Å². The van der Waals surface area contributed by atoms with Gasteiger partial charge in [0, 0.05) is 18.7 Å². The lowest BCUT2D eigenvalue weighted by Gasteiger charge is -2.34. The molecule has 2 atom stereocenters. The normalized spacial score (nSPS) is 19.5. The molecule has 8 nitrogen and oxygen atoms in total. The number of carbonyl (C=O) groups is 2. The number of amides is 1. The van der Waals surface area contributed by atoms with E-state index in [-0.39, 0.29) is 23.6 Å². The average molecular weight is 550 g/mol. The van der Waals surface area contributed by atoms with Gasteiger partial charge in [-0.25, -0.2) is 8.42 Å². The highest BCUT2D eigenvalue weighted by Gasteiger charge is 2.31. The van der Waals surface area contributed by atoms with Crippen molar-refractivity contribution in [2.75, 3.05) is 19.7 Å². The SMILES string of the molecule is CCOC(=O)Cn1c(=NC(=O)c2ccc(S(=O)(=O)N3CC(C)CC(C)C3)cc2)sc2cccc(Cl)c21. The van der Waals surface area contributed by atoms with E-state index in [1.165, 1.54) is 39.9 Å². The Balaban J connectivity index is 1.65. The summed E-state index contributed by atoms with van der Waals surface area (Å²) in [6.07, 6.45) is 1.00. The number of fused-ring (bicyclic) bond motifs is 1. The Bertz CT molecular complexity index is 1450. The second-order valence-electron chi connectivity index (χ2n) is 9.07. The van der Waals surface area contributed by atoms with E-state index in [1.54, 1.807) is 23.6 Å². The quantitative estimate of drug-likeness (QED) is 0.426. The number of benzene rings is 2. The Labute approximate surface area is 219 Å². The van der Waals surface area contributed by atoms with E-state index >= 15 is 0 Å². The van der Waals surface area contributed by atoms with Crippen molar-refractivity contribution < 1.29 is 22.7 Å². The molecule has 1 fully saturated rings. The predicted octanol–water partition coefficient (Wildman–Crippen LogP) is 4.33. The summed E-state index contributed by atoms with van der Waals surface area (Å²) in [5.41, 5.74) is 0.829. The second-order valence-corrected chi connectivity index (χ2v) is 12.4. The largest absolute Gasteiger partial charge is 0.465 e. The molecule has 3 aromatic rings. The molecule has 2 aromatic carbocycles. The van der Waals surface area contributed by atoms with Gasteiger partial charge in [-0.3, -0.25) is 9.59 Å². The van der Waals surface area contributed by atoms with Crippen LogP contribution in [0.25, 0.3) is 10.2 Å². The summed E-state index contributed by atoms with van der Waals surface area (Å²) < 4.78 is 35.2. The number of esters is 1. The minimum absolute atomic E-state index is 0.145. The monoisotopic (exact) mass is 549 g/mol. The zero-order valence-electron chi connectivity index (χ0n) is 20.3. The van der Waals surface area contributed by atoms with E-state index in [2.05, 4.69) is 18.8 Å². The van der Waals surface area contributed by atoms with Gasteiger partial charge in [-0.2, -0.15) is 9.30 Å². The van der Waals surface area contributed by atoms with Crippen LogP contribution in [0.4, 0.5) is 0 Å². The number of carbonyl (C=O) groups excluding carboxylic acids is 2. The van der Waals surface area contributed by atoms with Gasteiger partial charge in [-0.1, -0.05) is 42.9 Å². The molecule has 11 heteroatoms. The van der Waals surface area contributed by atoms with Crippen LogP contribution < -0.4 is 4.80 Å². The van der Waals surface area contributed by atoms with Crippen LogP contribution >= 0.6 is 22.9 Å². The van der Waals surface area contributed by atoms with Gasteiger partial charge in [0.25, 0.3) is 5.91 Å². The standard InChI is InChI=1S/C25H28ClN3O5S2/c1-4-34-22(30)15-29-23-20(26)6-5-7-21(23)35-25(29)27-24(31)18-8-10-19(11-9-18)36(32,33)28-13-16(2)12-17(3)14-28/h5-11,16-17H,4,12-15H2,1-3H3. The van der Waals surface area contributed by atoms with Gasteiger partial charge in [0.05, 0.1) is 26.7 Å². The molecular weight excluding hydrogens is 522 g/mol. The lowest BCUT2D eigenvalue weighted by molar-refractivity contribution is -0.143. The minimum Gasteiger partial charge on any atom is -0.465 e. The fourth-order valence-corrected chi connectivity index (χ4v) is 7.59. The van der Waals surface area contributed by atoms with Crippen molar-refractivity contribution in [3.05, 3.63) is 57.9 Å². The number of halogens is 1. The molecule has 0 bridgehead atoms. The molecule has 1 aliphatic heterocycles. The molecular formula is C25H28ClN3O5S2. The molecule has 1 amide bonds. The third kappa shape index (κ3) is 5.56. The molecule has 192 valence electrons. The topological polar surface area (TPSA) is 98.0 Å². The molecule has 36 heavy (non-hydrogen) atoms. The molecule has 2 unspecified atom stereocenters. The summed E-state index contributed by atoms with van der Waals surface area (Å²) in [6, 6.07) is 11.1. The Morgan fingerprint density at radius 3 is 2.42 bits per heavy atom. The highest BCUT2D eigenvalue weighted by atomic mass is 35.5. The Morgan fingerprint density at radius 1 is 1.11 bits per heavy atom. The molecule has 1 saturated heterocycles. The Hall–Kier alpha value is -2.53. The van der Waals surface area contributed by atoms with Crippen molar-refractivity contribution in [3.63, 3.8) is 0 Å². The van der Waals surface area contributed by atoms with E-state index in [0.717, 1.165) is 11.1 Å². The first kappa shape index (κ1) is 26.5. The number of thiazole rings is 1. The first-order valence-corrected chi connectivity index (χ1v) is 14.4. The van der Waals surface area contributed by atoms with Crippen molar-refractivity contribution >= 4 is 55.1 Å². The zero-order chi connectivity index (χ0) is 26.0. The molecule has 0 aliphatic carbocycles. The lowest BCUT2D eigenvalue weighted by atomic mass is 9.94. The average Bonchev–Trinajstić information content (AvgIpc) is 3.16. The van der Waals surface area contributed by atoms with Crippen molar-refractivity contribution in [1.82, 2.24) is 8.87 Å². The van der Waals surface area contributed by atoms with Crippen LogP contribution in [0.1, 0.15) is 37.6 Å². The van der Waals surface area contributed by atoms with Crippen LogP contribution in [0.15, 0.2) is 52.4 Å². The molecule has 1 aromatic heterocycles. The first-order valence-electron chi connectivity index (χ1n) is 11.7. The number of hydrogen-bond donors (Lipinski definition) is 0. The van der Waals surface area contributed by atoms with E-state index < -0.39 is 21.9 Å². The second kappa shape index (κ2) is 10.8. The highest BCUT2D eigenvalue weighted by Crippen LogP contribution is 2.27. The Kier molecular flexibility index (Phi) is 7.99. The van der Waals surface area contributed by atoms with Gasteiger partial charge < -0.3 is 9.30 Å². The van der Waals surface area contributed by atoms with Gasteiger partial charge in [-0.15, -0.1) is 0 Å². The molecule has 0 N–H and O–H groups in total. The maximum atomic E-state index is 13.1. The maximum absolute atomic E-state index is 13.1. The number of piperidine rings is 1. The number of ether oxygens (including phenoxy) is 1. The van der Waals surface area contributed by atoms with Gasteiger partial charge in [-0.05, 0) is 61.6 Å². The van der Waals surface area contributed by atoms with E-state index in [1.807, 2.05) is 6.07 Å². The number of hydrogen-bond acceptors (Lipinski definition) is 6. The Morgan fingerprint density at radius 2 is 1.78 bits per heavy atom. The summed E-state index contributed by atoms with van der Waals surface area (Å²) >= 11 is 7.61. The third-order valence-electron chi connectivity index (χ3n) is 6.02. The van der Waals surface area contributed by atoms with Gasteiger partial charge in [0.15, 0.2) is 4.80 Å². The van der Waals surface area contributed by atoms with Crippen LogP contribution in [-0.4, -0.2) is 48.9 Å². The van der Waals surface area contributed by atoms with Crippen molar-refractivity contribution in [1.29, 1.82) is 0 Å². The van der Waals surface area contributed by atoms with Crippen LogP contribution in [0.2, 0.25) is 5.02 Å². The molecule has 0 radical (unpaired) electrons. The van der Waals surface area contributed by atoms with Crippen LogP contribution in [0, 0.1) is 11.8 Å². The van der Waals surface area contributed by atoms with Crippen LogP contribution in [-0.2, 0) is 26.1 Å². The van der Waals surface area contributed by atoms with Crippen LogP contribution in [0.3, 0.4) is 0 Å². The maximum Gasteiger partial charge on any atom is 0.326 e. The summed E-state index contributed by atoms with van der Waals surface area (Å²) in [5.74, 6) is -0.444. The summed E-state index contributed by atoms with van der Waals surface area (Å²) in [4.78, 5) is 29.9. The van der Waals surface area contributed by atoms with Crippen molar-refractivity contribution in [2.45, 2.75) is 38.6 Å². The number of aromatic nitrogens is 1. The summed E-state index contributed by atoms with van der Waals surface area (Å²) in [7, 11) is -3.65. The van der Waals surface area contributed by atoms with Gasteiger partial charge >= 0.3 is 5.97 Å². The number of sulfonamides is 1. The first-order chi connectivity index (χ1) is 17.1. The van der Waals surface area contributed by atoms with Crippen molar-refractivity contribution in [2.24, 2.45) is 16.8 Å². The smallest absolute Gasteiger partial charge is 0.326 e. The fraction of sp³-hybridized carbons (Fsp3) is 0.400. The molecule has 0 spiro atoms. The molecule has 0 saturated carbocycles. The molecule has 4 rings (SSSR count).